The second kappa shape index (κ2) is 5.87. The van der Waals surface area contributed by atoms with Gasteiger partial charge in [-0.25, -0.2) is 0 Å². The van der Waals surface area contributed by atoms with Crippen molar-refractivity contribution in [2.75, 3.05) is 13.1 Å². The van der Waals surface area contributed by atoms with Crippen LogP contribution in [0.2, 0.25) is 0 Å². The van der Waals surface area contributed by atoms with Crippen molar-refractivity contribution in [1.82, 2.24) is 9.88 Å². The Morgan fingerprint density at radius 1 is 1.35 bits per heavy atom. The first kappa shape index (κ1) is 12.2. The Morgan fingerprint density at radius 3 is 2.82 bits per heavy atom. The van der Waals surface area contributed by atoms with E-state index in [0.717, 1.165) is 25.8 Å². The first-order valence-electron chi connectivity index (χ1n) is 6.40. The monoisotopic (exact) mass is 235 g/mol. The van der Waals surface area contributed by atoms with E-state index in [4.69, 9.17) is 5.73 Å². The average Bonchev–Trinajstić information content (AvgIpc) is 2.99. The number of hydrogen-bond donors (Lipinski definition) is 2. The normalized spacial score (nSPS) is 23.8. The zero-order valence-corrected chi connectivity index (χ0v) is 10.1. The number of hydrogen-bond acceptors (Lipinski definition) is 2. The lowest BCUT2D eigenvalue weighted by Crippen LogP contribution is -2.36. The van der Waals surface area contributed by atoms with Gasteiger partial charge in [-0.15, -0.1) is 0 Å². The summed E-state index contributed by atoms with van der Waals surface area (Å²) >= 11 is 0. The average molecular weight is 235 g/mol. The Kier molecular flexibility index (Phi) is 4.20. The lowest BCUT2D eigenvalue weighted by molar-refractivity contribution is -0.125. The van der Waals surface area contributed by atoms with Crippen LogP contribution in [0.25, 0.3) is 0 Å². The highest BCUT2D eigenvalue weighted by atomic mass is 16.1. The molecule has 2 atom stereocenters. The summed E-state index contributed by atoms with van der Waals surface area (Å²) in [6.07, 6.45) is 7.25. The zero-order chi connectivity index (χ0) is 12.1. The van der Waals surface area contributed by atoms with Crippen molar-refractivity contribution >= 4 is 5.91 Å². The molecule has 17 heavy (non-hydrogen) atoms. The van der Waals surface area contributed by atoms with Gasteiger partial charge in [0.05, 0.1) is 0 Å². The fourth-order valence-corrected chi connectivity index (χ4v) is 2.62. The smallest absolute Gasteiger partial charge is 0.223 e. The molecule has 1 amide bonds. The first-order chi connectivity index (χ1) is 8.31. The molecule has 1 aromatic heterocycles. The van der Waals surface area contributed by atoms with Crippen LogP contribution in [0.1, 0.15) is 19.3 Å². The van der Waals surface area contributed by atoms with E-state index in [0.29, 0.717) is 19.0 Å². The predicted molar refractivity (Wildman–Crippen MR) is 67.3 cm³/mol. The van der Waals surface area contributed by atoms with E-state index < -0.39 is 0 Å². The van der Waals surface area contributed by atoms with Gasteiger partial charge < -0.3 is 15.6 Å². The summed E-state index contributed by atoms with van der Waals surface area (Å²) in [5.74, 6) is 0.719. The Hall–Kier alpha value is -1.29. The van der Waals surface area contributed by atoms with Crippen LogP contribution >= 0.6 is 0 Å². The molecule has 1 fully saturated rings. The van der Waals surface area contributed by atoms with Gasteiger partial charge in [0.1, 0.15) is 0 Å². The van der Waals surface area contributed by atoms with Crippen LogP contribution in [0, 0.1) is 11.8 Å². The van der Waals surface area contributed by atoms with E-state index >= 15 is 0 Å². The molecule has 1 aliphatic rings. The number of nitrogens with zero attached hydrogens (tertiary/aromatic N) is 1. The van der Waals surface area contributed by atoms with Crippen LogP contribution in [0.15, 0.2) is 24.5 Å². The Bertz CT molecular complexity index is 348. The third-order valence-electron chi connectivity index (χ3n) is 3.63. The van der Waals surface area contributed by atoms with Crippen molar-refractivity contribution in [3.63, 3.8) is 0 Å². The van der Waals surface area contributed by atoms with Crippen LogP contribution in [0.5, 0.6) is 0 Å². The molecular weight excluding hydrogens is 214 g/mol. The molecule has 0 aromatic carbocycles. The molecule has 0 aliphatic heterocycles. The number of amides is 1. The maximum Gasteiger partial charge on any atom is 0.223 e. The highest BCUT2D eigenvalue weighted by molar-refractivity contribution is 5.79. The predicted octanol–water partition coefficient (Wildman–Crippen LogP) is 0.979. The molecule has 0 radical (unpaired) electrons. The van der Waals surface area contributed by atoms with E-state index in [2.05, 4.69) is 9.88 Å². The summed E-state index contributed by atoms with van der Waals surface area (Å²) < 4.78 is 2.06. The third kappa shape index (κ3) is 3.09. The Morgan fingerprint density at radius 2 is 2.12 bits per heavy atom. The van der Waals surface area contributed by atoms with Crippen LogP contribution in [-0.4, -0.2) is 23.6 Å². The summed E-state index contributed by atoms with van der Waals surface area (Å²) in [4.78, 5) is 12.0. The summed E-state index contributed by atoms with van der Waals surface area (Å²) in [5, 5.41) is 3.01. The van der Waals surface area contributed by atoms with E-state index in [9.17, 15) is 4.79 Å². The second-order valence-electron chi connectivity index (χ2n) is 4.75. The van der Waals surface area contributed by atoms with Gasteiger partial charge in [0, 0.05) is 31.4 Å². The highest BCUT2D eigenvalue weighted by Crippen LogP contribution is 2.30. The van der Waals surface area contributed by atoms with Crippen molar-refractivity contribution in [2.24, 2.45) is 17.6 Å². The molecule has 1 saturated carbocycles. The van der Waals surface area contributed by atoms with Gasteiger partial charge in [-0.3, -0.25) is 4.79 Å². The van der Waals surface area contributed by atoms with Crippen molar-refractivity contribution < 1.29 is 4.79 Å². The SMILES string of the molecule is NCC1CCCC1C(=O)NCCn1cccc1. The molecule has 2 rings (SSSR count). The summed E-state index contributed by atoms with van der Waals surface area (Å²) in [7, 11) is 0. The molecule has 1 aliphatic carbocycles. The number of nitrogens with one attached hydrogen (secondary N) is 1. The minimum absolute atomic E-state index is 0.143. The largest absolute Gasteiger partial charge is 0.354 e. The summed E-state index contributed by atoms with van der Waals surface area (Å²) in [5.41, 5.74) is 5.68. The quantitative estimate of drug-likeness (QED) is 0.799. The molecule has 0 spiro atoms. The molecular formula is C13H21N3O. The zero-order valence-electron chi connectivity index (χ0n) is 10.1. The fourth-order valence-electron chi connectivity index (χ4n) is 2.62. The van der Waals surface area contributed by atoms with E-state index in [1.807, 2.05) is 24.5 Å². The molecule has 4 heteroatoms. The lowest BCUT2D eigenvalue weighted by Gasteiger charge is -2.17. The molecule has 0 bridgehead atoms. The Balaban J connectivity index is 1.73. The Labute approximate surface area is 102 Å². The molecule has 3 N–H and O–H groups in total. The van der Waals surface area contributed by atoms with Crippen LogP contribution in [0.3, 0.4) is 0 Å². The molecule has 1 aromatic rings. The summed E-state index contributed by atoms with van der Waals surface area (Å²) in [6.45, 7) is 2.16. The third-order valence-corrected chi connectivity index (χ3v) is 3.63. The van der Waals surface area contributed by atoms with Gasteiger partial charge >= 0.3 is 0 Å². The first-order valence-corrected chi connectivity index (χ1v) is 6.40. The standard InChI is InChI=1S/C13H21N3O/c14-10-11-4-3-5-12(11)13(17)15-6-9-16-7-1-2-8-16/h1-2,7-8,11-12H,3-6,9-10,14H2,(H,15,17). The van der Waals surface area contributed by atoms with Crippen LogP contribution < -0.4 is 11.1 Å². The number of nitrogens with two attached hydrogens (primary N) is 1. The van der Waals surface area contributed by atoms with Crippen LogP contribution in [0.4, 0.5) is 0 Å². The number of aromatic nitrogens is 1. The minimum atomic E-state index is 0.143. The van der Waals surface area contributed by atoms with Gasteiger partial charge in [-0.1, -0.05) is 6.42 Å². The van der Waals surface area contributed by atoms with Gasteiger partial charge in [-0.05, 0) is 37.4 Å². The molecule has 2 unspecified atom stereocenters. The van der Waals surface area contributed by atoms with E-state index in [1.54, 1.807) is 0 Å². The van der Waals surface area contributed by atoms with Gasteiger partial charge in [0.25, 0.3) is 0 Å². The van der Waals surface area contributed by atoms with Crippen molar-refractivity contribution in [3.8, 4) is 0 Å². The van der Waals surface area contributed by atoms with Crippen molar-refractivity contribution in [3.05, 3.63) is 24.5 Å². The highest BCUT2D eigenvalue weighted by Gasteiger charge is 2.31. The van der Waals surface area contributed by atoms with Gasteiger partial charge in [0.2, 0.25) is 5.91 Å². The van der Waals surface area contributed by atoms with Crippen LogP contribution in [-0.2, 0) is 11.3 Å². The topological polar surface area (TPSA) is 60.1 Å². The number of rotatable bonds is 5. The maximum atomic E-state index is 12.0. The number of carbonyl (C=O) groups is 1. The minimum Gasteiger partial charge on any atom is -0.354 e. The van der Waals surface area contributed by atoms with Gasteiger partial charge in [-0.2, -0.15) is 0 Å². The fraction of sp³-hybridized carbons (Fsp3) is 0.615. The van der Waals surface area contributed by atoms with Crippen molar-refractivity contribution in [2.45, 2.75) is 25.8 Å². The summed E-state index contributed by atoms with van der Waals surface area (Å²) in [6, 6.07) is 3.98. The molecule has 4 nitrogen and oxygen atoms in total. The second-order valence-corrected chi connectivity index (χ2v) is 4.75. The van der Waals surface area contributed by atoms with E-state index in [-0.39, 0.29) is 11.8 Å². The molecule has 1 heterocycles. The van der Waals surface area contributed by atoms with Crippen molar-refractivity contribution in [1.29, 1.82) is 0 Å². The molecule has 94 valence electrons. The molecule has 0 saturated heterocycles. The maximum absolute atomic E-state index is 12.0. The lowest BCUT2D eigenvalue weighted by atomic mass is 9.95. The van der Waals surface area contributed by atoms with Gasteiger partial charge in [0.15, 0.2) is 0 Å². The van der Waals surface area contributed by atoms with E-state index in [1.165, 1.54) is 0 Å². The number of carbonyl (C=O) groups excluding carboxylic acids is 1.